The number of carbonyl (C=O) groups is 3. The minimum absolute atomic E-state index is 0.0806. The number of aliphatic hydroxyl groups excluding tert-OH is 5. The van der Waals surface area contributed by atoms with Gasteiger partial charge in [-0.25, -0.2) is 9.13 Å². The van der Waals surface area contributed by atoms with E-state index in [1.807, 2.05) is 0 Å². The third-order valence-corrected chi connectivity index (χ3v) is 17.0. The molecule has 0 aromatic rings. The maximum Gasteiger partial charge on any atom is 0.472 e. The van der Waals surface area contributed by atoms with Gasteiger partial charge in [0.1, 0.15) is 54.8 Å². The first kappa shape index (κ1) is 79.3. The lowest BCUT2D eigenvalue weighted by atomic mass is 9.95. The molecule has 24 nitrogen and oxygen atoms in total. The van der Waals surface area contributed by atoms with Crippen molar-refractivity contribution in [1.82, 2.24) is 10.6 Å². The molecule has 0 aromatic heterocycles. The van der Waals surface area contributed by atoms with E-state index in [9.17, 15) is 63.7 Å². The Morgan fingerprint density at radius 2 is 1.00 bits per heavy atom. The molecule has 2 aliphatic heterocycles. The molecule has 0 saturated carbocycles. The second-order valence-corrected chi connectivity index (χ2v) is 25.8. The number of nitrogens with two attached hydrogens (primary N) is 1. The summed E-state index contributed by atoms with van der Waals surface area (Å²) in [5, 5.41) is 61.1. The molecule has 2 fully saturated rings. The van der Waals surface area contributed by atoms with Crippen molar-refractivity contribution in [3.05, 3.63) is 0 Å². The zero-order chi connectivity index (χ0) is 62.7. The highest BCUT2D eigenvalue weighted by Crippen LogP contribution is 2.44. The molecular weight excluding hydrogens is 1150 g/mol. The molecule has 0 bridgehead atoms. The van der Waals surface area contributed by atoms with Crippen molar-refractivity contribution in [3.63, 3.8) is 0 Å². The quantitative estimate of drug-likeness (QED) is 0.0156. The fourth-order valence-corrected chi connectivity index (χ4v) is 11.9. The predicted octanol–water partition coefficient (Wildman–Crippen LogP) is 8.07. The first-order chi connectivity index (χ1) is 40.8. The van der Waals surface area contributed by atoms with Gasteiger partial charge >= 0.3 is 21.6 Å². The summed E-state index contributed by atoms with van der Waals surface area (Å²) >= 11 is 0. The number of hydrogen-bond donors (Lipinski definition) is 11. The summed E-state index contributed by atoms with van der Waals surface area (Å²) in [7, 11) is -9.92. The molecule has 13 atom stereocenters. The van der Waals surface area contributed by atoms with E-state index in [0.717, 1.165) is 89.9 Å². The van der Waals surface area contributed by atoms with Gasteiger partial charge in [-0.1, -0.05) is 181 Å². The van der Waals surface area contributed by atoms with E-state index in [2.05, 4.69) is 31.4 Å². The first-order valence-electron chi connectivity index (χ1n) is 32.5. The summed E-state index contributed by atoms with van der Waals surface area (Å²) in [6, 6.07) is -3.19. The van der Waals surface area contributed by atoms with E-state index < -0.39 is 133 Å². The molecule has 12 N–H and O–H groups in total. The summed E-state index contributed by atoms with van der Waals surface area (Å²) < 4.78 is 69.5. The lowest BCUT2D eigenvalue weighted by Gasteiger charge is -2.45. The Morgan fingerprint density at radius 3 is 1.53 bits per heavy atom. The average Bonchev–Trinajstić information content (AvgIpc) is 3.41. The van der Waals surface area contributed by atoms with E-state index in [0.29, 0.717) is 57.9 Å². The smallest absolute Gasteiger partial charge is 0.462 e. The Hall–Kier alpha value is -1.77. The van der Waals surface area contributed by atoms with Crippen LogP contribution < -0.4 is 16.4 Å². The fourth-order valence-electron chi connectivity index (χ4n) is 10.6. The van der Waals surface area contributed by atoms with Crippen LogP contribution in [-0.2, 0) is 60.8 Å². The number of esters is 1. The predicted molar refractivity (Wildman–Crippen MR) is 320 cm³/mol. The van der Waals surface area contributed by atoms with Crippen LogP contribution in [0.15, 0.2) is 0 Å². The van der Waals surface area contributed by atoms with Crippen molar-refractivity contribution < 1.29 is 101 Å². The van der Waals surface area contributed by atoms with Crippen molar-refractivity contribution in [2.45, 2.75) is 319 Å². The molecular formula is C59H115N3O21P2. The van der Waals surface area contributed by atoms with Gasteiger partial charge < -0.3 is 80.3 Å². The van der Waals surface area contributed by atoms with Crippen LogP contribution in [0, 0.1) is 0 Å². The Bertz CT molecular complexity index is 1810. The molecule has 0 radical (unpaired) electrons. The number of aliphatic hydroxyl groups is 5. The number of amides is 2. The Morgan fingerprint density at radius 1 is 0.541 bits per heavy atom. The highest BCUT2D eigenvalue weighted by atomic mass is 31.2. The van der Waals surface area contributed by atoms with Gasteiger partial charge in [0.25, 0.3) is 0 Å². The molecule has 2 rings (SSSR count). The molecule has 0 aromatic carbocycles. The second-order valence-electron chi connectivity index (χ2n) is 23.2. The summed E-state index contributed by atoms with van der Waals surface area (Å²) in [6.45, 7) is 4.18. The lowest BCUT2D eigenvalue weighted by Crippen LogP contribution is -2.67. The van der Waals surface area contributed by atoms with Crippen LogP contribution in [0.1, 0.15) is 245 Å². The summed E-state index contributed by atoms with van der Waals surface area (Å²) in [5.41, 5.74) is 5.52. The van der Waals surface area contributed by atoms with Gasteiger partial charge in [-0.3, -0.25) is 28.0 Å². The number of ether oxygens (including phenoxy) is 5. The third-order valence-electron chi connectivity index (χ3n) is 15.5. The standard InChI is InChI=1S/C59H115N3O21P2/c1-4-7-10-13-16-19-22-25-29-34-45(64)41-49(65)61-52-55(69)54(68)48(82-58(52)76-39-40-79-85(74,75)78-38-33-28-32-37-60)44-77-59-53(56(70)57(47(43-63)81-59)83-84(71,72)73)62-50(66)42-46(35-30-26-23-20-17-14-11-8-5-2)80-51(67)36-31-27-24-21-18-15-12-9-6-3/h45-48,52-59,63-64,68-70H,4-44,60H2,1-3H3,(H,61,65)(H,62,66)(H,74,75)(H2,71,72,73)/t45-,46-,47-,48-,52-,53-,54-,55-,56-,57-,58+,59-/m1/s1. The maximum atomic E-state index is 14.1. The van der Waals surface area contributed by atoms with Gasteiger partial charge in [0.15, 0.2) is 12.6 Å². The molecule has 2 heterocycles. The van der Waals surface area contributed by atoms with E-state index in [1.54, 1.807) is 0 Å². The van der Waals surface area contributed by atoms with Crippen molar-refractivity contribution >= 4 is 33.4 Å². The molecule has 85 heavy (non-hydrogen) atoms. The van der Waals surface area contributed by atoms with Crippen molar-refractivity contribution in [2.24, 2.45) is 5.73 Å². The number of phosphoric acid groups is 2. The second kappa shape index (κ2) is 48.1. The van der Waals surface area contributed by atoms with Crippen molar-refractivity contribution in [2.75, 3.05) is 39.6 Å². The van der Waals surface area contributed by atoms with Crippen LogP contribution in [0.2, 0.25) is 0 Å². The number of hydrogen-bond acceptors (Lipinski definition) is 19. The minimum atomic E-state index is -5.37. The zero-order valence-electron chi connectivity index (χ0n) is 51.8. The van der Waals surface area contributed by atoms with E-state index >= 15 is 0 Å². The minimum Gasteiger partial charge on any atom is -0.462 e. The van der Waals surface area contributed by atoms with Gasteiger partial charge in [0.2, 0.25) is 11.8 Å². The van der Waals surface area contributed by atoms with Crippen LogP contribution in [-0.4, -0.2) is 171 Å². The Kier molecular flexibility index (Phi) is 44.9. The highest BCUT2D eigenvalue weighted by Gasteiger charge is 2.51. The number of nitrogens with one attached hydrogen (secondary N) is 2. The average molecular weight is 1260 g/mol. The van der Waals surface area contributed by atoms with Gasteiger partial charge in [-0.15, -0.1) is 0 Å². The van der Waals surface area contributed by atoms with Crippen molar-refractivity contribution in [3.8, 4) is 0 Å². The highest BCUT2D eigenvalue weighted by molar-refractivity contribution is 7.47. The van der Waals surface area contributed by atoms with Gasteiger partial charge in [0, 0.05) is 6.42 Å². The summed E-state index contributed by atoms with van der Waals surface area (Å²) in [4.78, 5) is 70.6. The largest absolute Gasteiger partial charge is 0.472 e. The van der Waals surface area contributed by atoms with Crippen molar-refractivity contribution in [1.29, 1.82) is 0 Å². The molecule has 0 spiro atoms. The van der Waals surface area contributed by atoms with E-state index in [-0.39, 0.29) is 25.9 Å². The van der Waals surface area contributed by atoms with Crippen LogP contribution in [0.25, 0.3) is 0 Å². The molecule has 26 heteroatoms. The Labute approximate surface area is 507 Å². The topological polar surface area (TPSA) is 371 Å². The summed E-state index contributed by atoms with van der Waals surface area (Å²) in [6.07, 6.45) is 14.2. The normalized spacial score (nSPS) is 24.2. The first-order valence-corrected chi connectivity index (χ1v) is 35.5. The number of carbonyl (C=O) groups excluding carboxylic acids is 3. The molecule has 2 saturated heterocycles. The number of unbranched alkanes of at least 4 members (excludes halogenated alkanes) is 26. The zero-order valence-corrected chi connectivity index (χ0v) is 53.6. The third kappa shape index (κ3) is 37.2. The monoisotopic (exact) mass is 1260 g/mol. The molecule has 0 aliphatic carbocycles. The van der Waals surface area contributed by atoms with Gasteiger partial charge in [-0.2, -0.15) is 0 Å². The Balaban J connectivity index is 2.30. The SMILES string of the molecule is CCCCCCCCCCCC(=O)O[C@H](CCCCCCCCCCC)CC(=O)N[C@H]1[C@H](OC[C@H]2O[C@H](OCCOP(=O)(O)OCCCCCN)[C@H](NC(=O)C[C@H](O)CCCCCCCCCCC)[C@@H](O)[C@@H]2O)O[C@H](CO)[C@@H](OP(=O)(O)O)[C@@H]1O. The molecule has 2 amide bonds. The molecule has 2 aliphatic rings. The van der Waals surface area contributed by atoms with Gasteiger partial charge in [-0.05, 0) is 51.5 Å². The van der Waals surface area contributed by atoms with E-state index in [1.165, 1.54) is 64.2 Å². The van der Waals surface area contributed by atoms with Crippen LogP contribution in [0.3, 0.4) is 0 Å². The van der Waals surface area contributed by atoms with E-state index in [4.69, 9.17) is 43.0 Å². The fraction of sp³-hybridized carbons (Fsp3) is 0.949. The van der Waals surface area contributed by atoms with Crippen LogP contribution >= 0.6 is 15.6 Å². The lowest BCUT2D eigenvalue weighted by molar-refractivity contribution is -0.303. The van der Waals surface area contributed by atoms with Crippen LogP contribution in [0.5, 0.6) is 0 Å². The summed E-state index contributed by atoms with van der Waals surface area (Å²) in [5.74, 6) is -1.93. The number of rotatable bonds is 54. The number of phosphoric ester groups is 2. The molecule has 1 unspecified atom stereocenters. The van der Waals surface area contributed by atoms with Crippen LogP contribution in [0.4, 0.5) is 0 Å². The van der Waals surface area contributed by atoms with Gasteiger partial charge in [0.05, 0.1) is 52.0 Å². The maximum absolute atomic E-state index is 14.1. The molecule has 502 valence electrons.